The SMILES string of the molecule is O=C(c1c[nH]c2ccccc12)C1CCN(C(=O)Oc2ccccc2)CC1. The van der Waals surface area contributed by atoms with E-state index in [0.29, 0.717) is 31.7 Å². The van der Waals surface area contributed by atoms with Crippen LogP contribution in [0.4, 0.5) is 4.79 Å². The Morgan fingerprint density at radius 1 is 0.962 bits per heavy atom. The van der Waals surface area contributed by atoms with E-state index in [0.717, 1.165) is 16.5 Å². The number of H-pyrrole nitrogens is 1. The fourth-order valence-electron chi connectivity index (χ4n) is 3.47. The van der Waals surface area contributed by atoms with Gasteiger partial charge in [-0.05, 0) is 31.0 Å². The molecule has 0 saturated carbocycles. The minimum Gasteiger partial charge on any atom is -0.410 e. The highest BCUT2D eigenvalue weighted by atomic mass is 16.6. The number of hydrogen-bond acceptors (Lipinski definition) is 3. The van der Waals surface area contributed by atoms with E-state index in [1.165, 1.54) is 0 Å². The van der Waals surface area contributed by atoms with Crippen LogP contribution in [0.25, 0.3) is 10.9 Å². The van der Waals surface area contributed by atoms with Crippen molar-refractivity contribution in [2.75, 3.05) is 13.1 Å². The molecule has 5 nitrogen and oxygen atoms in total. The van der Waals surface area contributed by atoms with Crippen molar-refractivity contribution in [3.8, 4) is 5.75 Å². The summed E-state index contributed by atoms with van der Waals surface area (Å²) in [5.74, 6) is 0.628. The Hall–Kier alpha value is -3.08. The van der Waals surface area contributed by atoms with E-state index < -0.39 is 0 Å². The minimum atomic E-state index is -0.353. The number of nitrogens with zero attached hydrogens (tertiary/aromatic N) is 1. The number of aromatic amines is 1. The summed E-state index contributed by atoms with van der Waals surface area (Å²) in [5, 5.41) is 0.961. The molecule has 132 valence electrons. The second-order valence-corrected chi connectivity index (χ2v) is 6.55. The van der Waals surface area contributed by atoms with Crippen LogP contribution < -0.4 is 4.74 Å². The van der Waals surface area contributed by atoms with Gasteiger partial charge in [-0.3, -0.25) is 4.79 Å². The standard InChI is InChI=1S/C21H20N2O3/c24-20(18-14-22-19-9-5-4-8-17(18)19)15-10-12-23(13-11-15)21(25)26-16-6-2-1-3-7-16/h1-9,14-15,22H,10-13H2. The Morgan fingerprint density at radius 3 is 2.42 bits per heavy atom. The molecule has 26 heavy (non-hydrogen) atoms. The van der Waals surface area contributed by atoms with E-state index in [-0.39, 0.29) is 17.8 Å². The zero-order chi connectivity index (χ0) is 17.9. The van der Waals surface area contributed by atoms with Crippen molar-refractivity contribution in [3.63, 3.8) is 0 Å². The second-order valence-electron chi connectivity index (χ2n) is 6.55. The summed E-state index contributed by atoms with van der Waals surface area (Å²) >= 11 is 0. The van der Waals surface area contributed by atoms with Crippen LogP contribution in [-0.2, 0) is 0 Å². The van der Waals surface area contributed by atoms with Gasteiger partial charge in [0.25, 0.3) is 0 Å². The average Bonchev–Trinajstić information content (AvgIpc) is 3.12. The maximum absolute atomic E-state index is 12.9. The van der Waals surface area contributed by atoms with Gasteiger partial charge in [0.1, 0.15) is 5.75 Å². The summed E-state index contributed by atoms with van der Waals surface area (Å²) in [6, 6.07) is 16.9. The molecule has 0 atom stereocenters. The van der Waals surface area contributed by atoms with Gasteiger partial charge >= 0.3 is 6.09 Å². The highest BCUT2D eigenvalue weighted by molar-refractivity contribution is 6.08. The molecule has 2 aromatic carbocycles. The molecule has 1 aliphatic heterocycles. The number of nitrogens with one attached hydrogen (secondary N) is 1. The number of Topliss-reactive ketones (excluding diaryl/α,β-unsaturated/α-hetero) is 1. The maximum atomic E-state index is 12.9. The Balaban J connectivity index is 1.39. The monoisotopic (exact) mass is 348 g/mol. The van der Waals surface area contributed by atoms with Gasteiger partial charge in [0.15, 0.2) is 5.78 Å². The van der Waals surface area contributed by atoms with Crippen LogP contribution in [0.1, 0.15) is 23.2 Å². The number of likely N-dealkylation sites (tertiary alicyclic amines) is 1. The number of fused-ring (bicyclic) bond motifs is 1. The van der Waals surface area contributed by atoms with Crippen LogP contribution in [0.5, 0.6) is 5.75 Å². The number of benzene rings is 2. The quantitative estimate of drug-likeness (QED) is 0.719. The average molecular weight is 348 g/mol. The van der Waals surface area contributed by atoms with E-state index in [1.54, 1.807) is 23.2 Å². The van der Waals surface area contributed by atoms with Gasteiger partial charge in [-0.2, -0.15) is 0 Å². The molecule has 0 radical (unpaired) electrons. The lowest BCUT2D eigenvalue weighted by molar-refractivity contribution is 0.0831. The third-order valence-corrected chi connectivity index (χ3v) is 4.93. The van der Waals surface area contributed by atoms with Crippen LogP contribution in [0.15, 0.2) is 60.8 Å². The number of carbonyl (C=O) groups excluding carboxylic acids is 2. The lowest BCUT2D eigenvalue weighted by Gasteiger charge is -2.30. The fourth-order valence-corrected chi connectivity index (χ4v) is 3.47. The summed E-state index contributed by atoms with van der Waals surface area (Å²) in [7, 11) is 0. The number of ether oxygens (including phenoxy) is 1. The zero-order valence-electron chi connectivity index (χ0n) is 14.4. The number of rotatable bonds is 3. The maximum Gasteiger partial charge on any atom is 0.415 e. The van der Waals surface area contributed by atoms with Crippen molar-refractivity contribution >= 4 is 22.8 Å². The van der Waals surface area contributed by atoms with Gasteiger partial charge < -0.3 is 14.6 Å². The van der Waals surface area contributed by atoms with Crippen LogP contribution in [0, 0.1) is 5.92 Å². The number of hydrogen-bond donors (Lipinski definition) is 1. The van der Waals surface area contributed by atoms with E-state index >= 15 is 0 Å². The number of piperidine rings is 1. The number of aromatic nitrogens is 1. The molecule has 0 unspecified atom stereocenters. The van der Waals surface area contributed by atoms with Crippen molar-refractivity contribution in [2.45, 2.75) is 12.8 Å². The first-order valence-corrected chi connectivity index (χ1v) is 8.84. The Kier molecular flexibility index (Phi) is 4.44. The van der Waals surface area contributed by atoms with Gasteiger partial charge in [0.05, 0.1) is 0 Å². The highest BCUT2D eigenvalue weighted by Gasteiger charge is 2.29. The zero-order valence-corrected chi connectivity index (χ0v) is 14.4. The summed E-state index contributed by atoms with van der Waals surface area (Å²) in [6.45, 7) is 1.06. The first-order chi connectivity index (χ1) is 12.7. The van der Waals surface area contributed by atoms with E-state index in [1.807, 2.05) is 42.5 Å². The molecule has 0 aliphatic carbocycles. The minimum absolute atomic E-state index is 0.0602. The summed E-state index contributed by atoms with van der Waals surface area (Å²) < 4.78 is 5.38. The first-order valence-electron chi connectivity index (χ1n) is 8.84. The number of amides is 1. The molecular weight excluding hydrogens is 328 g/mol. The molecule has 1 aromatic heterocycles. The molecule has 4 rings (SSSR count). The third kappa shape index (κ3) is 3.20. The molecule has 1 N–H and O–H groups in total. The van der Waals surface area contributed by atoms with Gasteiger partial charge in [-0.1, -0.05) is 36.4 Å². The van der Waals surface area contributed by atoms with E-state index in [9.17, 15) is 9.59 Å². The predicted molar refractivity (Wildman–Crippen MR) is 99.4 cm³/mol. The van der Waals surface area contributed by atoms with Crippen molar-refractivity contribution in [1.29, 1.82) is 0 Å². The predicted octanol–water partition coefficient (Wildman–Crippen LogP) is 4.26. The number of ketones is 1. The molecule has 0 bridgehead atoms. The Bertz CT molecular complexity index is 925. The molecular formula is C21H20N2O3. The summed E-state index contributed by atoms with van der Waals surface area (Å²) in [4.78, 5) is 30.0. The highest BCUT2D eigenvalue weighted by Crippen LogP contribution is 2.26. The van der Waals surface area contributed by atoms with Gasteiger partial charge in [-0.25, -0.2) is 4.79 Å². The molecule has 5 heteroatoms. The summed E-state index contributed by atoms with van der Waals surface area (Å²) in [6.07, 6.45) is 2.75. The van der Waals surface area contributed by atoms with Crippen LogP contribution in [-0.4, -0.2) is 34.8 Å². The van der Waals surface area contributed by atoms with Gasteiger partial charge in [0, 0.05) is 41.7 Å². The van der Waals surface area contributed by atoms with Crippen LogP contribution in [0.3, 0.4) is 0 Å². The lowest BCUT2D eigenvalue weighted by atomic mass is 9.89. The van der Waals surface area contributed by atoms with Crippen molar-refractivity contribution in [1.82, 2.24) is 9.88 Å². The third-order valence-electron chi connectivity index (χ3n) is 4.93. The number of carbonyl (C=O) groups is 2. The molecule has 1 aliphatic rings. The molecule has 3 aromatic rings. The largest absolute Gasteiger partial charge is 0.415 e. The molecule has 1 fully saturated rings. The Labute approximate surface area is 151 Å². The summed E-state index contributed by atoms with van der Waals surface area (Å²) in [5.41, 5.74) is 1.71. The van der Waals surface area contributed by atoms with Gasteiger partial charge in [0.2, 0.25) is 0 Å². The van der Waals surface area contributed by atoms with Gasteiger partial charge in [-0.15, -0.1) is 0 Å². The smallest absolute Gasteiger partial charge is 0.410 e. The first kappa shape index (κ1) is 16.4. The van der Waals surface area contributed by atoms with Crippen LogP contribution in [0.2, 0.25) is 0 Å². The number of para-hydroxylation sites is 2. The van der Waals surface area contributed by atoms with E-state index in [2.05, 4.69) is 4.98 Å². The Morgan fingerprint density at radius 2 is 1.65 bits per heavy atom. The second kappa shape index (κ2) is 7.04. The van der Waals surface area contributed by atoms with Crippen molar-refractivity contribution in [2.24, 2.45) is 5.92 Å². The molecule has 1 amide bonds. The molecule has 2 heterocycles. The van der Waals surface area contributed by atoms with Crippen molar-refractivity contribution in [3.05, 3.63) is 66.4 Å². The topological polar surface area (TPSA) is 62.4 Å². The normalized spacial score (nSPS) is 15.2. The van der Waals surface area contributed by atoms with Crippen LogP contribution >= 0.6 is 0 Å². The fraction of sp³-hybridized carbons (Fsp3) is 0.238. The molecule has 1 saturated heterocycles. The molecule has 0 spiro atoms. The lowest BCUT2D eigenvalue weighted by Crippen LogP contribution is -2.41. The van der Waals surface area contributed by atoms with E-state index in [4.69, 9.17) is 4.74 Å². The van der Waals surface area contributed by atoms with Crippen molar-refractivity contribution < 1.29 is 14.3 Å².